The molecule has 0 aromatic carbocycles. The molecule has 10 nitrogen and oxygen atoms in total. The summed E-state index contributed by atoms with van der Waals surface area (Å²) >= 11 is 0. The van der Waals surface area contributed by atoms with Gasteiger partial charge in [0.2, 0.25) is 0 Å². The molecule has 0 aromatic heterocycles. The molecule has 0 saturated carbocycles. The van der Waals surface area contributed by atoms with Crippen molar-refractivity contribution in [1.82, 2.24) is 0 Å². The molecule has 0 aromatic rings. The van der Waals surface area contributed by atoms with E-state index in [9.17, 15) is 20.1 Å². The third-order valence-electron chi connectivity index (χ3n) is 9.73. The molecular formula is C31H46O10. The highest BCUT2D eigenvalue weighted by atomic mass is 16.8. The van der Waals surface area contributed by atoms with E-state index in [0.717, 1.165) is 0 Å². The van der Waals surface area contributed by atoms with Crippen LogP contribution in [0.25, 0.3) is 0 Å². The highest BCUT2D eigenvalue weighted by Crippen LogP contribution is 2.53. The van der Waals surface area contributed by atoms with E-state index >= 15 is 0 Å². The Kier molecular flexibility index (Phi) is 8.87. The van der Waals surface area contributed by atoms with E-state index < -0.39 is 41.6 Å². The zero-order valence-electron chi connectivity index (χ0n) is 24.3. The number of fused-ring (bicyclic) bond motifs is 1. The second kappa shape index (κ2) is 11.8. The maximum atomic E-state index is 11.6. The predicted molar refractivity (Wildman–Crippen MR) is 147 cm³/mol. The Morgan fingerprint density at radius 1 is 1.10 bits per heavy atom. The largest absolute Gasteiger partial charge is 0.481 e. The van der Waals surface area contributed by atoms with Crippen LogP contribution in [0.3, 0.4) is 0 Å². The number of ether oxygens (including phenoxy) is 5. The van der Waals surface area contributed by atoms with Gasteiger partial charge in [0, 0.05) is 43.9 Å². The molecule has 0 amide bonds. The van der Waals surface area contributed by atoms with Gasteiger partial charge in [-0.3, -0.25) is 4.79 Å². The molecule has 5 aliphatic rings. The number of allylic oxidation sites excluding steroid dienone is 1. The van der Waals surface area contributed by atoms with Crippen LogP contribution in [0.15, 0.2) is 36.5 Å². The molecule has 5 aliphatic heterocycles. The Bertz CT molecular complexity index is 1040. The van der Waals surface area contributed by atoms with Crippen LogP contribution in [0.1, 0.15) is 72.1 Å². The van der Waals surface area contributed by atoms with Gasteiger partial charge in [0.05, 0.1) is 37.1 Å². The first-order valence-corrected chi connectivity index (χ1v) is 15.0. The Hall–Kier alpha value is -1.63. The van der Waals surface area contributed by atoms with Crippen molar-refractivity contribution in [2.24, 2.45) is 17.8 Å². The molecule has 230 valence electrons. The third kappa shape index (κ3) is 5.95. The summed E-state index contributed by atoms with van der Waals surface area (Å²) in [4.78, 5) is 10.8. The lowest BCUT2D eigenvalue weighted by Crippen LogP contribution is -2.60. The van der Waals surface area contributed by atoms with Gasteiger partial charge in [-0.25, -0.2) is 0 Å². The number of aliphatic hydroxyl groups is 3. The first-order chi connectivity index (χ1) is 19.4. The molecule has 0 unspecified atom stereocenters. The number of hydrogen-bond acceptors (Lipinski definition) is 9. The van der Waals surface area contributed by atoms with Gasteiger partial charge >= 0.3 is 5.97 Å². The topological polar surface area (TPSA) is 144 Å². The Balaban J connectivity index is 1.23. The smallest absolute Gasteiger partial charge is 0.303 e. The Morgan fingerprint density at radius 2 is 1.88 bits per heavy atom. The molecule has 41 heavy (non-hydrogen) atoms. The molecule has 5 rings (SSSR count). The fourth-order valence-corrected chi connectivity index (χ4v) is 7.37. The van der Waals surface area contributed by atoms with E-state index in [1.165, 1.54) is 0 Å². The minimum atomic E-state index is -1.85. The summed E-state index contributed by atoms with van der Waals surface area (Å²) in [7, 11) is 0. The van der Waals surface area contributed by atoms with E-state index in [1.807, 2.05) is 38.2 Å². The average Bonchev–Trinajstić information content (AvgIpc) is 3.49. The minimum absolute atomic E-state index is 0.00383. The lowest BCUT2D eigenvalue weighted by atomic mass is 9.78. The number of rotatable bonds is 8. The van der Waals surface area contributed by atoms with Crippen LogP contribution in [0.5, 0.6) is 0 Å². The van der Waals surface area contributed by atoms with Crippen molar-refractivity contribution < 1.29 is 48.9 Å². The van der Waals surface area contributed by atoms with Gasteiger partial charge in [-0.15, -0.1) is 0 Å². The van der Waals surface area contributed by atoms with Gasteiger partial charge in [0.1, 0.15) is 6.10 Å². The second-order valence-corrected chi connectivity index (χ2v) is 12.8. The predicted octanol–water partition coefficient (Wildman–Crippen LogP) is 3.20. The van der Waals surface area contributed by atoms with Crippen molar-refractivity contribution in [1.29, 1.82) is 0 Å². The quantitative estimate of drug-likeness (QED) is 0.317. The first kappa shape index (κ1) is 30.8. The minimum Gasteiger partial charge on any atom is -0.481 e. The number of carboxylic acid groups (broad SMARTS) is 1. The summed E-state index contributed by atoms with van der Waals surface area (Å²) in [5.74, 6) is -4.66. The summed E-state index contributed by atoms with van der Waals surface area (Å²) < 4.78 is 32.1. The normalized spacial score (nSPS) is 46.8. The molecule has 4 saturated heterocycles. The molecule has 2 spiro atoms. The van der Waals surface area contributed by atoms with Gasteiger partial charge in [0.15, 0.2) is 17.4 Å². The molecular weight excluding hydrogens is 532 g/mol. The van der Waals surface area contributed by atoms with Gasteiger partial charge in [-0.1, -0.05) is 51.7 Å². The van der Waals surface area contributed by atoms with Gasteiger partial charge < -0.3 is 44.1 Å². The second-order valence-electron chi connectivity index (χ2n) is 12.8. The zero-order chi connectivity index (χ0) is 29.6. The van der Waals surface area contributed by atoms with E-state index in [-0.39, 0.29) is 49.1 Å². The fraction of sp³-hybridized carbons (Fsp3) is 0.774. The molecule has 0 radical (unpaired) electrons. The molecule has 12 atom stereocenters. The van der Waals surface area contributed by atoms with E-state index in [1.54, 1.807) is 0 Å². The standard InChI is InChI=1S/C31H46O10/c1-18-14-21(4)31(36,40-27(18)19(2)17-32)28(35)25-16-24-23(37-25)15-20(3)30(39-24)13-12-29(41-30)11-7-9-22(38-29)8-5-6-10-26(33)34/h5,7-9,18,20-25,27-28,32,35-36H,2,6,10-17H2,1,3-4H3,(H,33,34)/b8-5+/t18-,20+,21+,22+,23+,24+,25-,27-,28+,29-,30+,31+/m0/s1. The summed E-state index contributed by atoms with van der Waals surface area (Å²) in [5, 5.41) is 41.5. The Morgan fingerprint density at radius 3 is 2.61 bits per heavy atom. The zero-order valence-corrected chi connectivity index (χ0v) is 24.3. The van der Waals surface area contributed by atoms with Crippen molar-refractivity contribution >= 4 is 5.97 Å². The number of aliphatic hydroxyl groups excluding tert-OH is 2. The SMILES string of the molecule is C=C(CO)[C@H]1O[C@@](O)([C@H](O)[C@@H]2C[C@H]3O[C@@]4(CC[C@]5(CC=C[C@@H](/C=C/CCC(=O)O)O5)O4)[C@H](C)C[C@H]3O2)[C@H](C)C[C@@H]1C. The fourth-order valence-electron chi connectivity index (χ4n) is 7.37. The molecule has 4 fully saturated rings. The van der Waals surface area contributed by atoms with Crippen LogP contribution >= 0.6 is 0 Å². The van der Waals surface area contributed by atoms with Crippen LogP contribution in [0.2, 0.25) is 0 Å². The molecule has 0 bridgehead atoms. The van der Waals surface area contributed by atoms with Crippen molar-refractivity contribution in [3.63, 3.8) is 0 Å². The maximum absolute atomic E-state index is 11.6. The molecule has 4 N–H and O–H groups in total. The van der Waals surface area contributed by atoms with Crippen LogP contribution in [-0.4, -0.2) is 87.0 Å². The summed E-state index contributed by atoms with van der Waals surface area (Å²) in [6.07, 6.45) is 8.31. The lowest BCUT2D eigenvalue weighted by Gasteiger charge is -2.48. The number of carbonyl (C=O) groups is 1. The number of aliphatic carboxylic acids is 1. The lowest BCUT2D eigenvalue weighted by molar-refractivity contribution is -0.366. The summed E-state index contributed by atoms with van der Waals surface area (Å²) in [6.45, 7) is 9.56. The van der Waals surface area contributed by atoms with E-state index in [4.69, 9.17) is 28.8 Å². The van der Waals surface area contributed by atoms with E-state index in [0.29, 0.717) is 50.5 Å². The maximum Gasteiger partial charge on any atom is 0.303 e. The van der Waals surface area contributed by atoms with Gasteiger partial charge in [-0.2, -0.15) is 0 Å². The molecule has 5 heterocycles. The van der Waals surface area contributed by atoms with E-state index in [2.05, 4.69) is 13.5 Å². The number of hydrogen-bond donors (Lipinski definition) is 4. The van der Waals surface area contributed by atoms with Crippen molar-refractivity contribution in [2.45, 2.75) is 126 Å². The summed E-state index contributed by atoms with van der Waals surface area (Å²) in [6, 6.07) is 0. The first-order valence-electron chi connectivity index (χ1n) is 15.0. The van der Waals surface area contributed by atoms with Gasteiger partial charge in [0.25, 0.3) is 0 Å². The molecule has 10 heteroatoms. The average molecular weight is 579 g/mol. The highest BCUT2D eigenvalue weighted by Gasteiger charge is 2.62. The van der Waals surface area contributed by atoms with Crippen LogP contribution in [-0.2, 0) is 28.5 Å². The van der Waals surface area contributed by atoms with Gasteiger partial charge in [-0.05, 0) is 30.8 Å². The highest BCUT2D eigenvalue weighted by molar-refractivity contribution is 5.66. The van der Waals surface area contributed by atoms with Crippen LogP contribution in [0.4, 0.5) is 0 Å². The third-order valence-corrected chi connectivity index (χ3v) is 9.73. The Labute approximate surface area is 241 Å². The van der Waals surface area contributed by atoms with Crippen molar-refractivity contribution in [2.75, 3.05) is 6.61 Å². The van der Waals surface area contributed by atoms with Crippen molar-refractivity contribution in [3.05, 3.63) is 36.5 Å². The van der Waals surface area contributed by atoms with Crippen LogP contribution in [0, 0.1) is 17.8 Å². The monoisotopic (exact) mass is 578 g/mol. The van der Waals surface area contributed by atoms with Crippen LogP contribution < -0.4 is 0 Å². The number of carboxylic acids is 1. The summed E-state index contributed by atoms with van der Waals surface area (Å²) in [5.41, 5.74) is 0.472. The molecule has 0 aliphatic carbocycles. The van der Waals surface area contributed by atoms with Crippen molar-refractivity contribution in [3.8, 4) is 0 Å².